The highest BCUT2D eigenvalue weighted by atomic mass is 32.2. The summed E-state index contributed by atoms with van der Waals surface area (Å²) in [6.45, 7) is 1.77. The van der Waals surface area contributed by atoms with E-state index in [0.717, 1.165) is 41.1 Å². The fourth-order valence-corrected chi connectivity index (χ4v) is 5.89. The molecule has 0 spiro atoms. The summed E-state index contributed by atoms with van der Waals surface area (Å²) in [5.74, 6) is -0.891. The largest absolute Gasteiger partial charge is 0.435 e. The lowest BCUT2D eigenvalue weighted by atomic mass is 10.0. The number of sulfonamides is 1. The maximum atomic E-state index is 14.2. The van der Waals surface area contributed by atoms with Crippen LogP contribution in [0.4, 0.5) is 37.7 Å². The predicted octanol–water partition coefficient (Wildman–Crippen LogP) is 7.17. The van der Waals surface area contributed by atoms with Crippen molar-refractivity contribution in [3.05, 3.63) is 72.0 Å². The molecule has 0 saturated carbocycles. The van der Waals surface area contributed by atoms with E-state index in [2.05, 4.69) is 4.74 Å². The van der Waals surface area contributed by atoms with E-state index in [4.69, 9.17) is 0 Å². The molecule has 1 aliphatic heterocycles. The van der Waals surface area contributed by atoms with Crippen LogP contribution in [0.25, 0.3) is 11.1 Å². The van der Waals surface area contributed by atoms with Crippen LogP contribution >= 0.6 is 0 Å². The van der Waals surface area contributed by atoms with Gasteiger partial charge in [0.05, 0.1) is 28.4 Å². The SMILES string of the molecule is CC(C)CCN1CCN(S(=O)(=O)c2cccc(C(F)(F)F)c2)c2cc(-c3cc(F)cc(OC(F)F)c3)ccc21. The van der Waals surface area contributed by atoms with E-state index in [1.165, 1.54) is 12.1 Å². The van der Waals surface area contributed by atoms with Crippen molar-refractivity contribution in [2.45, 2.75) is 38.0 Å². The average Bonchev–Trinajstić information content (AvgIpc) is 2.85. The number of nitrogens with zero attached hydrogens (tertiary/aromatic N) is 2. The Morgan fingerprint density at radius 1 is 0.923 bits per heavy atom. The van der Waals surface area contributed by atoms with Gasteiger partial charge in [0.2, 0.25) is 0 Å². The van der Waals surface area contributed by atoms with Crippen molar-refractivity contribution >= 4 is 21.4 Å². The van der Waals surface area contributed by atoms with E-state index in [1.807, 2.05) is 18.7 Å². The van der Waals surface area contributed by atoms with E-state index in [-0.39, 0.29) is 17.8 Å². The number of rotatable bonds is 8. The summed E-state index contributed by atoms with van der Waals surface area (Å²) in [4.78, 5) is 1.46. The summed E-state index contributed by atoms with van der Waals surface area (Å²) in [5.41, 5.74) is 0.0769. The molecule has 0 saturated heterocycles. The molecule has 0 N–H and O–H groups in total. The van der Waals surface area contributed by atoms with Gasteiger partial charge in [-0.25, -0.2) is 12.8 Å². The van der Waals surface area contributed by atoms with Crippen molar-refractivity contribution in [1.29, 1.82) is 0 Å². The molecule has 39 heavy (non-hydrogen) atoms. The standard InChI is InChI=1S/C27H26F6N2O3S/c1-17(2)8-9-34-10-11-35(39(36,37)23-5-3-4-20(15-23)27(31,32)33)25-14-18(6-7-24(25)34)19-12-21(28)16-22(13-19)38-26(29)30/h3-7,12-17,26H,8-11H2,1-2H3. The Bertz CT molecular complexity index is 1440. The van der Waals surface area contributed by atoms with Crippen LogP contribution in [-0.4, -0.2) is 34.7 Å². The summed E-state index contributed by atoms with van der Waals surface area (Å²) in [7, 11) is -4.44. The Labute approximate surface area is 222 Å². The Hall–Kier alpha value is -3.41. The topological polar surface area (TPSA) is 49.9 Å². The first-order chi connectivity index (χ1) is 18.3. The van der Waals surface area contributed by atoms with Gasteiger partial charge in [-0.05, 0) is 65.9 Å². The molecule has 1 heterocycles. The summed E-state index contributed by atoms with van der Waals surface area (Å²) < 4.78 is 112. The minimum absolute atomic E-state index is 0.0456. The van der Waals surface area contributed by atoms with Crippen LogP contribution < -0.4 is 13.9 Å². The number of anilines is 2. The number of alkyl halides is 5. The predicted molar refractivity (Wildman–Crippen MR) is 136 cm³/mol. The number of ether oxygens (including phenoxy) is 1. The van der Waals surface area contributed by atoms with Crippen LogP contribution in [0.1, 0.15) is 25.8 Å². The van der Waals surface area contributed by atoms with Crippen molar-refractivity contribution in [3.63, 3.8) is 0 Å². The highest BCUT2D eigenvalue weighted by molar-refractivity contribution is 7.92. The van der Waals surface area contributed by atoms with Gasteiger partial charge in [0.15, 0.2) is 0 Å². The monoisotopic (exact) mass is 572 g/mol. The molecule has 1 aliphatic rings. The van der Waals surface area contributed by atoms with Crippen LogP contribution in [0.2, 0.25) is 0 Å². The third-order valence-corrected chi connectivity index (χ3v) is 8.12. The van der Waals surface area contributed by atoms with Gasteiger partial charge in [0, 0.05) is 19.2 Å². The van der Waals surface area contributed by atoms with Gasteiger partial charge in [-0.3, -0.25) is 4.31 Å². The smallest absolute Gasteiger partial charge is 0.416 e. The van der Waals surface area contributed by atoms with Gasteiger partial charge < -0.3 is 9.64 Å². The summed E-state index contributed by atoms with van der Waals surface area (Å²) >= 11 is 0. The molecule has 0 radical (unpaired) electrons. The molecule has 12 heteroatoms. The third-order valence-electron chi connectivity index (χ3n) is 6.31. The zero-order chi connectivity index (χ0) is 28.5. The summed E-state index contributed by atoms with van der Waals surface area (Å²) in [5, 5.41) is 0. The summed E-state index contributed by atoms with van der Waals surface area (Å²) in [6, 6.07) is 11.3. The summed E-state index contributed by atoms with van der Waals surface area (Å²) in [6.07, 6.45) is -3.93. The fraction of sp³-hybridized carbons (Fsp3) is 0.333. The number of hydrogen-bond acceptors (Lipinski definition) is 4. The molecule has 4 rings (SSSR count). The van der Waals surface area contributed by atoms with E-state index >= 15 is 0 Å². The van der Waals surface area contributed by atoms with Crippen LogP contribution in [0, 0.1) is 11.7 Å². The molecule has 0 atom stereocenters. The van der Waals surface area contributed by atoms with Gasteiger partial charge in [0.1, 0.15) is 11.6 Å². The van der Waals surface area contributed by atoms with Crippen LogP contribution in [0.15, 0.2) is 65.6 Å². The first-order valence-electron chi connectivity index (χ1n) is 12.1. The minimum Gasteiger partial charge on any atom is -0.435 e. The number of fused-ring (bicyclic) bond motifs is 1. The van der Waals surface area contributed by atoms with Crippen molar-refractivity contribution in [3.8, 4) is 16.9 Å². The normalized spacial score (nSPS) is 14.2. The van der Waals surface area contributed by atoms with E-state index in [9.17, 15) is 34.8 Å². The van der Waals surface area contributed by atoms with Gasteiger partial charge in [-0.2, -0.15) is 22.0 Å². The first-order valence-corrected chi connectivity index (χ1v) is 13.5. The van der Waals surface area contributed by atoms with Gasteiger partial charge >= 0.3 is 12.8 Å². The van der Waals surface area contributed by atoms with Crippen molar-refractivity contribution in [1.82, 2.24) is 0 Å². The lowest BCUT2D eigenvalue weighted by Gasteiger charge is -2.39. The van der Waals surface area contributed by atoms with E-state index < -0.39 is 44.8 Å². The molecule has 3 aromatic carbocycles. The van der Waals surface area contributed by atoms with Crippen molar-refractivity contribution in [2.75, 3.05) is 28.8 Å². The van der Waals surface area contributed by atoms with Crippen LogP contribution in [0.5, 0.6) is 5.75 Å². The number of hydrogen-bond donors (Lipinski definition) is 0. The zero-order valence-electron chi connectivity index (χ0n) is 21.1. The van der Waals surface area contributed by atoms with Crippen LogP contribution in [0.3, 0.4) is 0 Å². The lowest BCUT2D eigenvalue weighted by molar-refractivity contribution is -0.137. The molecule has 0 fully saturated rings. The molecule has 3 aromatic rings. The highest BCUT2D eigenvalue weighted by Crippen LogP contribution is 2.41. The molecule has 0 aromatic heterocycles. The van der Waals surface area contributed by atoms with Crippen molar-refractivity contribution < 1.29 is 39.5 Å². The Morgan fingerprint density at radius 3 is 2.33 bits per heavy atom. The van der Waals surface area contributed by atoms with Gasteiger partial charge in [0.25, 0.3) is 10.0 Å². The fourth-order valence-electron chi connectivity index (χ4n) is 4.38. The molecule has 210 valence electrons. The highest BCUT2D eigenvalue weighted by Gasteiger charge is 2.35. The number of halogens is 6. The quantitative estimate of drug-likeness (QED) is 0.269. The Kier molecular flexibility index (Phi) is 8.06. The molecule has 0 bridgehead atoms. The first kappa shape index (κ1) is 28.6. The lowest BCUT2D eigenvalue weighted by Crippen LogP contribution is -2.44. The zero-order valence-corrected chi connectivity index (χ0v) is 21.9. The third kappa shape index (κ3) is 6.43. The molecule has 0 unspecified atom stereocenters. The van der Waals surface area contributed by atoms with Gasteiger partial charge in [-0.1, -0.05) is 26.0 Å². The molecule has 5 nitrogen and oxygen atoms in total. The number of benzene rings is 3. The van der Waals surface area contributed by atoms with E-state index in [0.29, 0.717) is 36.3 Å². The maximum Gasteiger partial charge on any atom is 0.416 e. The van der Waals surface area contributed by atoms with Gasteiger partial charge in [-0.15, -0.1) is 0 Å². The maximum absolute atomic E-state index is 14.2. The molecular formula is C27H26F6N2O3S. The second-order valence-corrected chi connectivity index (χ2v) is 11.4. The van der Waals surface area contributed by atoms with E-state index in [1.54, 1.807) is 12.1 Å². The average molecular weight is 573 g/mol. The van der Waals surface area contributed by atoms with Crippen LogP contribution in [-0.2, 0) is 16.2 Å². The molecule has 0 aliphatic carbocycles. The Morgan fingerprint density at radius 2 is 1.67 bits per heavy atom. The molecular weight excluding hydrogens is 546 g/mol. The second kappa shape index (κ2) is 11.0. The minimum atomic E-state index is -4.73. The Balaban J connectivity index is 1.82. The second-order valence-electron chi connectivity index (χ2n) is 9.53. The molecule has 0 amide bonds. The van der Waals surface area contributed by atoms with Crippen molar-refractivity contribution in [2.24, 2.45) is 5.92 Å².